The molecule has 1 fully saturated rings. The quantitative estimate of drug-likeness (QED) is 0.245. The minimum atomic E-state index is -4.69. The van der Waals surface area contributed by atoms with Crippen molar-refractivity contribution in [2.24, 2.45) is 11.7 Å². The molecule has 2 aromatic rings. The SMILES string of the molecule is CC(=O)NC(Cc1ccc(OP(=O)(O)O)cc1)C(=O)N[C@@H](C)c1ccc(OCC2CCCCC2)c(C(N)=O)c1. The number of primary amides is 1. The van der Waals surface area contributed by atoms with Crippen molar-refractivity contribution in [2.75, 3.05) is 6.61 Å². The minimum absolute atomic E-state index is 0.0299. The molecule has 212 valence electrons. The van der Waals surface area contributed by atoms with Gasteiger partial charge in [-0.25, -0.2) is 4.57 Å². The third-order valence-corrected chi connectivity index (χ3v) is 7.06. The largest absolute Gasteiger partial charge is 0.524 e. The van der Waals surface area contributed by atoms with Crippen molar-refractivity contribution in [3.05, 3.63) is 59.2 Å². The van der Waals surface area contributed by atoms with Crippen LogP contribution in [0.15, 0.2) is 42.5 Å². The maximum Gasteiger partial charge on any atom is 0.524 e. The number of hydrogen-bond acceptors (Lipinski definition) is 6. The van der Waals surface area contributed by atoms with Crippen LogP contribution in [0.3, 0.4) is 0 Å². The first-order valence-corrected chi connectivity index (χ1v) is 14.4. The van der Waals surface area contributed by atoms with Crippen molar-refractivity contribution in [3.63, 3.8) is 0 Å². The van der Waals surface area contributed by atoms with E-state index in [1.54, 1.807) is 37.3 Å². The Kier molecular flexibility index (Phi) is 10.5. The van der Waals surface area contributed by atoms with E-state index in [4.69, 9.17) is 20.3 Å². The van der Waals surface area contributed by atoms with Gasteiger partial charge in [0.2, 0.25) is 11.8 Å². The van der Waals surface area contributed by atoms with Gasteiger partial charge in [-0.15, -0.1) is 0 Å². The normalized spacial score (nSPS) is 15.6. The topological polar surface area (TPSA) is 177 Å². The Morgan fingerprint density at radius 1 is 1.05 bits per heavy atom. The average molecular weight is 562 g/mol. The van der Waals surface area contributed by atoms with Gasteiger partial charge in [0, 0.05) is 13.3 Å². The molecule has 0 saturated heterocycles. The summed E-state index contributed by atoms with van der Waals surface area (Å²) in [5.74, 6) is -0.643. The first-order valence-electron chi connectivity index (χ1n) is 12.9. The summed E-state index contributed by atoms with van der Waals surface area (Å²) in [7, 11) is -4.69. The molecule has 0 aliphatic heterocycles. The molecule has 3 rings (SSSR count). The van der Waals surface area contributed by atoms with Crippen molar-refractivity contribution in [2.45, 2.75) is 64.5 Å². The molecule has 11 nitrogen and oxygen atoms in total. The standard InChI is InChI=1S/C27H36N3O8P/c1-17(21-10-13-25(23(15-21)26(28)32)37-16-20-6-4-3-5-7-20)29-27(33)24(30-18(2)31)14-19-8-11-22(12-9-19)38-39(34,35)36/h8-13,15,17,20,24H,3-7,14,16H2,1-2H3,(H2,28,32)(H,29,33)(H,30,31)(H2,34,35,36)/t17-,24?/m0/s1. The lowest BCUT2D eigenvalue weighted by Crippen LogP contribution is -2.48. The zero-order valence-corrected chi connectivity index (χ0v) is 23.0. The number of nitrogens with two attached hydrogens (primary N) is 1. The second-order valence-corrected chi connectivity index (χ2v) is 11.0. The lowest BCUT2D eigenvalue weighted by Gasteiger charge is -2.23. The molecule has 0 bridgehead atoms. The van der Waals surface area contributed by atoms with Gasteiger partial charge in [0.15, 0.2) is 0 Å². The molecule has 0 radical (unpaired) electrons. The highest BCUT2D eigenvalue weighted by molar-refractivity contribution is 7.46. The number of rotatable bonds is 12. The first-order chi connectivity index (χ1) is 18.4. The van der Waals surface area contributed by atoms with Gasteiger partial charge in [-0.1, -0.05) is 37.5 Å². The van der Waals surface area contributed by atoms with E-state index in [0.717, 1.165) is 12.8 Å². The Morgan fingerprint density at radius 2 is 1.72 bits per heavy atom. The second kappa shape index (κ2) is 13.6. The van der Waals surface area contributed by atoms with E-state index in [1.165, 1.54) is 38.3 Å². The maximum absolute atomic E-state index is 13.1. The number of ether oxygens (including phenoxy) is 1. The van der Waals surface area contributed by atoms with Crippen LogP contribution in [0.1, 0.15) is 73.5 Å². The van der Waals surface area contributed by atoms with Gasteiger partial charge in [-0.3, -0.25) is 24.2 Å². The highest BCUT2D eigenvalue weighted by atomic mass is 31.2. The third kappa shape index (κ3) is 9.69. The monoisotopic (exact) mass is 561 g/mol. The zero-order valence-electron chi connectivity index (χ0n) is 22.1. The number of hydrogen-bond donors (Lipinski definition) is 5. The number of amides is 3. The Balaban J connectivity index is 1.68. The molecule has 0 aromatic heterocycles. The molecule has 6 N–H and O–H groups in total. The summed E-state index contributed by atoms with van der Waals surface area (Å²) in [5.41, 5.74) is 7.13. The van der Waals surface area contributed by atoms with Crippen LogP contribution in [0.5, 0.6) is 11.5 Å². The Morgan fingerprint density at radius 3 is 2.31 bits per heavy atom. The molecule has 12 heteroatoms. The Bertz CT molecular complexity index is 1210. The lowest BCUT2D eigenvalue weighted by atomic mass is 9.90. The second-order valence-electron chi connectivity index (χ2n) is 9.85. The van der Waals surface area contributed by atoms with Crippen LogP contribution in [-0.4, -0.2) is 40.2 Å². The van der Waals surface area contributed by atoms with E-state index < -0.39 is 37.6 Å². The fourth-order valence-corrected chi connectivity index (χ4v) is 5.00. The number of phosphoric ester groups is 1. The molecule has 2 atom stereocenters. The van der Waals surface area contributed by atoms with Crippen molar-refractivity contribution in [1.29, 1.82) is 0 Å². The van der Waals surface area contributed by atoms with Crippen LogP contribution < -0.4 is 25.6 Å². The van der Waals surface area contributed by atoms with E-state index in [0.29, 0.717) is 29.4 Å². The summed E-state index contributed by atoms with van der Waals surface area (Å²) in [6.07, 6.45) is 5.94. The number of carbonyl (C=O) groups excluding carboxylic acids is 3. The van der Waals surface area contributed by atoms with E-state index >= 15 is 0 Å². The lowest BCUT2D eigenvalue weighted by molar-refractivity contribution is -0.128. The van der Waals surface area contributed by atoms with Crippen molar-refractivity contribution in [1.82, 2.24) is 10.6 Å². The summed E-state index contributed by atoms with van der Waals surface area (Å²) in [4.78, 5) is 54.9. The number of benzene rings is 2. The molecule has 0 spiro atoms. The molecular formula is C27H36N3O8P. The summed E-state index contributed by atoms with van der Waals surface area (Å²) in [6, 6.07) is 9.44. The summed E-state index contributed by atoms with van der Waals surface area (Å²) < 4.78 is 21.5. The van der Waals surface area contributed by atoms with Gasteiger partial charge in [0.1, 0.15) is 17.5 Å². The predicted octanol–water partition coefficient (Wildman–Crippen LogP) is 3.14. The van der Waals surface area contributed by atoms with Gasteiger partial charge in [-0.05, 0) is 61.1 Å². The first kappa shape index (κ1) is 30.1. The van der Waals surface area contributed by atoms with E-state index in [-0.39, 0.29) is 17.7 Å². The maximum atomic E-state index is 13.1. The predicted molar refractivity (Wildman–Crippen MR) is 144 cm³/mol. The Labute approximate surface area is 227 Å². The third-order valence-electron chi connectivity index (χ3n) is 6.61. The summed E-state index contributed by atoms with van der Waals surface area (Å²) in [6.45, 7) is 3.57. The van der Waals surface area contributed by atoms with Crippen molar-refractivity contribution < 1.29 is 38.0 Å². The van der Waals surface area contributed by atoms with Crippen LogP contribution >= 0.6 is 7.82 Å². The van der Waals surface area contributed by atoms with Crippen LogP contribution in [0, 0.1) is 5.92 Å². The fraction of sp³-hybridized carbons (Fsp3) is 0.444. The summed E-state index contributed by atoms with van der Waals surface area (Å²) in [5, 5.41) is 5.48. The van der Waals surface area contributed by atoms with Crippen LogP contribution in [0.25, 0.3) is 0 Å². The zero-order chi connectivity index (χ0) is 28.6. The number of nitrogens with one attached hydrogen (secondary N) is 2. The molecule has 39 heavy (non-hydrogen) atoms. The van der Waals surface area contributed by atoms with Gasteiger partial charge in [0.25, 0.3) is 5.91 Å². The van der Waals surface area contributed by atoms with E-state index in [2.05, 4.69) is 15.2 Å². The molecule has 1 aliphatic rings. The van der Waals surface area contributed by atoms with Crippen LogP contribution in [0.4, 0.5) is 0 Å². The molecule has 0 heterocycles. The highest BCUT2D eigenvalue weighted by Gasteiger charge is 2.24. The summed E-state index contributed by atoms with van der Waals surface area (Å²) >= 11 is 0. The average Bonchev–Trinajstić information content (AvgIpc) is 2.87. The molecule has 1 unspecified atom stereocenters. The number of phosphoric acid groups is 1. The molecule has 2 aromatic carbocycles. The highest BCUT2D eigenvalue weighted by Crippen LogP contribution is 2.37. The fourth-order valence-electron chi connectivity index (χ4n) is 4.61. The van der Waals surface area contributed by atoms with Gasteiger partial charge in [-0.2, -0.15) is 0 Å². The van der Waals surface area contributed by atoms with E-state index in [1.807, 2.05) is 0 Å². The Hall–Kier alpha value is -3.40. The van der Waals surface area contributed by atoms with E-state index in [9.17, 15) is 18.9 Å². The van der Waals surface area contributed by atoms with Crippen LogP contribution in [0.2, 0.25) is 0 Å². The van der Waals surface area contributed by atoms with Gasteiger partial charge < -0.3 is 25.6 Å². The smallest absolute Gasteiger partial charge is 0.492 e. The van der Waals surface area contributed by atoms with Gasteiger partial charge >= 0.3 is 7.82 Å². The van der Waals surface area contributed by atoms with Crippen molar-refractivity contribution in [3.8, 4) is 11.5 Å². The minimum Gasteiger partial charge on any atom is -0.492 e. The molecule has 3 amide bonds. The molecule has 1 aliphatic carbocycles. The molecule has 1 saturated carbocycles. The van der Waals surface area contributed by atoms with Crippen molar-refractivity contribution >= 4 is 25.5 Å². The number of carbonyl (C=O) groups is 3. The van der Waals surface area contributed by atoms with Crippen LogP contribution in [-0.2, 0) is 20.6 Å². The van der Waals surface area contributed by atoms with Gasteiger partial charge in [0.05, 0.1) is 18.2 Å². The molecular weight excluding hydrogens is 525 g/mol.